The number of anilines is 1. The summed E-state index contributed by atoms with van der Waals surface area (Å²) in [6, 6.07) is 21.2. The van der Waals surface area contributed by atoms with E-state index in [9.17, 15) is 4.79 Å². The van der Waals surface area contributed by atoms with Crippen LogP contribution >= 0.6 is 35.0 Å². The molecular formula is C25H22Cl2N4OS. The number of rotatable bonds is 7. The predicted molar refractivity (Wildman–Crippen MR) is 137 cm³/mol. The first-order chi connectivity index (χ1) is 16.0. The molecule has 4 rings (SSSR count). The molecule has 3 aromatic carbocycles. The Hall–Kier alpha value is -2.80. The van der Waals surface area contributed by atoms with E-state index in [-0.39, 0.29) is 11.7 Å². The van der Waals surface area contributed by atoms with Crippen molar-refractivity contribution >= 4 is 46.6 Å². The quantitative estimate of drug-likeness (QED) is 0.284. The number of nitrogens with zero attached hydrogens (tertiary/aromatic N) is 3. The number of aryl methyl sites for hydroxylation is 1. The van der Waals surface area contributed by atoms with Crippen LogP contribution in [-0.4, -0.2) is 26.4 Å². The van der Waals surface area contributed by atoms with E-state index in [2.05, 4.69) is 34.6 Å². The minimum Gasteiger partial charge on any atom is -0.325 e. The average Bonchev–Trinajstić information content (AvgIpc) is 3.25. The van der Waals surface area contributed by atoms with Gasteiger partial charge in [0.25, 0.3) is 0 Å². The highest BCUT2D eigenvalue weighted by atomic mass is 35.5. The van der Waals surface area contributed by atoms with Crippen LogP contribution in [0.2, 0.25) is 10.0 Å². The average molecular weight is 497 g/mol. The normalized spacial score (nSPS) is 10.9. The number of hydrogen-bond acceptors (Lipinski definition) is 4. The van der Waals surface area contributed by atoms with E-state index in [1.54, 1.807) is 6.07 Å². The number of nitrogens with one attached hydrogen (secondary N) is 1. The van der Waals surface area contributed by atoms with Crippen molar-refractivity contribution < 1.29 is 4.79 Å². The highest BCUT2D eigenvalue weighted by Crippen LogP contribution is 2.29. The lowest BCUT2D eigenvalue weighted by Crippen LogP contribution is -2.15. The van der Waals surface area contributed by atoms with E-state index in [0.29, 0.717) is 26.7 Å². The van der Waals surface area contributed by atoms with E-state index in [1.165, 1.54) is 17.3 Å². The molecule has 1 aromatic heterocycles. The van der Waals surface area contributed by atoms with Gasteiger partial charge in [0.2, 0.25) is 5.91 Å². The van der Waals surface area contributed by atoms with Crippen LogP contribution < -0.4 is 5.32 Å². The summed E-state index contributed by atoms with van der Waals surface area (Å²) in [6.07, 6.45) is 0.956. The van der Waals surface area contributed by atoms with Gasteiger partial charge in [0, 0.05) is 27.0 Å². The lowest BCUT2D eigenvalue weighted by molar-refractivity contribution is -0.113. The van der Waals surface area contributed by atoms with Crippen molar-refractivity contribution in [2.75, 3.05) is 11.1 Å². The molecule has 0 unspecified atom stereocenters. The summed E-state index contributed by atoms with van der Waals surface area (Å²) in [4.78, 5) is 12.6. The Morgan fingerprint density at radius 3 is 2.42 bits per heavy atom. The number of halogens is 2. The Balaban J connectivity index is 1.61. The summed E-state index contributed by atoms with van der Waals surface area (Å²) < 4.78 is 1.96. The molecule has 0 bridgehead atoms. The lowest BCUT2D eigenvalue weighted by atomic mass is 10.1. The van der Waals surface area contributed by atoms with Gasteiger partial charge < -0.3 is 5.32 Å². The second-order valence-corrected chi connectivity index (χ2v) is 9.20. The Kier molecular flexibility index (Phi) is 7.38. The number of carbonyl (C=O) groups excluding carboxylic acids is 1. The smallest absolute Gasteiger partial charge is 0.234 e. The first-order valence-corrected chi connectivity index (χ1v) is 12.2. The van der Waals surface area contributed by atoms with Gasteiger partial charge in [-0.25, -0.2) is 0 Å². The fourth-order valence-corrected chi connectivity index (χ4v) is 4.37. The van der Waals surface area contributed by atoms with Gasteiger partial charge in [0.05, 0.1) is 5.75 Å². The molecule has 0 fully saturated rings. The lowest BCUT2D eigenvalue weighted by Gasteiger charge is -2.12. The van der Waals surface area contributed by atoms with Gasteiger partial charge >= 0.3 is 0 Å². The number of benzene rings is 3. The largest absolute Gasteiger partial charge is 0.325 e. The molecule has 0 saturated carbocycles. The molecule has 0 aliphatic rings. The van der Waals surface area contributed by atoms with Crippen LogP contribution in [0.5, 0.6) is 0 Å². The zero-order valence-corrected chi connectivity index (χ0v) is 20.5. The van der Waals surface area contributed by atoms with Crippen LogP contribution in [-0.2, 0) is 11.2 Å². The van der Waals surface area contributed by atoms with Crippen molar-refractivity contribution in [1.29, 1.82) is 0 Å². The van der Waals surface area contributed by atoms with Gasteiger partial charge in [-0.3, -0.25) is 9.36 Å². The standard InChI is InChI=1S/C25H22Cl2N4OS/c1-3-17-7-13-20(14-8-17)31-24(18-9-11-19(26)12-10-18)29-30-25(31)33-15-23(32)28-22-6-4-5-21(27)16(22)2/h4-14H,3,15H2,1-2H3,(H,28,32). The third-order valence-corrected chi connectivity index (χ3v) is 6.80. The first-order valence-electron chi connectivity index (χ1n) is 10.4. The summed E-state index contributed by atoms with van der Waals surface area (Å²) in [7, 11) is 0. The maximum atomic E-state index is 12.6. The Labute approximate surface area is 207 Å². The van der Waals surface area contributed by atoms with Crippen molar-refractivity contribution in [2.24, 2.45) is 0 Å². The number of aromatic nitrogens is 3. The molecule has 5 nitrogen and oxygen atoms in total. The van der Waals surface area contributed by atoms with Crippen LogP contribution in [0.3, 0.4) is 0 Å². The highest BCUT2D eigenvalue weighted by molar-refractivity contribution is 7.99. The molecule has 1 amide bonds. The zero-order chi connectivity index (χ0) is 23.4. The van der Waals surface area contributed by atoms with E-state index >= 15 is 0 Å². The molecular weight excluding hydrogens is 475 g/mol. The highest BCUT2D eigenvalue weighted by Gasteiger charge is 2.18. The fourth-order valence-electron chi connectivity index (χ4n) is 3.32. The van der Waals surface area contributed by atoms with Crippen LogP contribution in [0.25, 0.3) is 17.1 Å². The number of carbonyl (C=O) groups is 1. The van der Waals surface area contributed by atoms with Crippen molar-refractivity contribution in [3.8, 4) is 17.1 Å². The monoisotopic (exact) mass is 496 g/mol. The molecule has 0 aliphatic heterocycles. The molecule has 8 heteroatoms. The molecule has 0 atom stereocenters. The summed E-state index contributed by atoms with van der Waals surface area (Å²) in [6.45, 7) is 3.99. The number of thioether (sulfide) groups is 1. The SMILES string of the molecule is CCc1ccc(-n2c(SCC(=O)Nc3cccc(Cl)c3C)nnc2-c2ccc(Cl)cc2)cc1. The van der Waals surface area contributed by atoms with Gasteiger partial charge in [-0.2, -0.15) is 0 Å². The molecule has 1 heterocycles. The fraction of sp³-hybridized carbons (Fsp3) is 0.160. The van der Waals surface area contributed by atoms with Gasteiger partial charge in [-0.05, 0) is 73.0 Å². The third kappa shape index (κ3) is 5.41. The maximum absolute atomic E-state index is 12.6. The van der Waals surface area contributed by atoms with E-state index in [1.807, 2.05) is 60.0 Å². The zero-order valence-electron chi connectivity index (χ0n) is 18.2. The molecule has 0 spiro atoms. The Morgan fingerprint density at radius 2 is 1.73 bits per heavy atom. The summed E-state index contributed by atoms with van der Waals surface area (Å²) in [5.41, 5.74) is 4.59. The van der Waals surface area contributed by atoms with Gasteiger partial charge in [-0.15, -0.1) is 10.2 Å². The van der Waals surface area contributed by atoms with E-state index in [0.717, 1.165) is 23.2 Å². The van der Waals surface area contributed by atoms with Crippen molar-refractivity contribution in [3.63, 3.8) is 0 Å². The van der Waals surface area contributed by atoms with Crippen LogP contribution in [0.1, 0.15) is 18.1 Å². The number of hydrogen-bond donors (Lipinski definition) is 1. The first kappa shape index (κ1) is 23.4. The van der Waals surface area contributed by atoms with Crippen LogP contribution in [0.15, 0.2) is 71.9 Å². The second kappa shape index (κ2) is 10.4. The molecule has 33 heavy (non-hydrogen) atoms. The van der Waals surface area contributed by atoms with Crippen LogP contribution in [0, 0.1) is 6.92 Å². The van der Waals surface area contributed by atoms with E-state index in [4.69, 9.17) is 23.2 Å². The topological polar surface area (TPSA) is 59.8 Å². The maximum Gasteiger partial charge on any atom is 0.234 e. The van der Waals surface area contributed by atoms with Crippen molar-refractivity contribution in [1.82, 2.24) is 14.8 Å². The Bertz CT molecular complexity index is 1270. The summed E-state index contributed by atoms with van der Waals surface area (Å²) >= 11 is 13.6. The molecule has 0 radical (unpaired) electrons. The summed E-state index contributed by atoms with van der Waals surface area (Å²) in [5, 5.41) is 13.6. The molecule has 0 saturated heterocycles. The van der Waals surface area contributed by atoms with Crippen molar-refractivity contribution in [2.45, 2.75) is 25.4 Å². The summed E-state index contributed by atoms with van der Waals surface area (Å²) in [5.74, 6) is 0.719. The molecule has 0 aliphatic carbocycles. The van der Waals surface area contributed by atoms with Gasteiger partial charge in [0.1, 0.15) is 0 Å². The van der Waals surface area contributed by atoms with Crippen LogP contribution in [0.4, 0.5) is 5.69 Å². The second-order valence-electron chi connectivity index (χ2n) is 7.42. The minimum atomic E-state index is -0.144. The van der Waals surface area contributed by atoms with E-state index < -0.39 is 0 Å². The molecule has 4 aromatic rings. The minimum absolute atomic E-state index is 0.144. The molecule has 1 N–H and O–H groups in total. The van der Waals surface area contributed by atoms with Gasteiger partial charge in [0.15, 0.2) is 11.0 Å². The predicted octanol–water partition coefficient (Wildman–Crippen LogP) is 6.84. The third-order valence-electron chi connectivity index (χ3n) is 5.21. The Morgan fingerprint density at radius 1 is 1.00 bits per heavy atom. The van der Waals surface area contributed by atoms with Crippen molar-refractivity contribution in [3.05, 3.63) is 87.9 Å². The number of amides is 1. The van der Waals surface area contributed by atoms with Gasteiger partial charge in [-0.1, -0.05) is 60.1 Å². The molecule has 168 valence electrons.